The number of carbonyl (C=O) groups is 2. The molecule has 21 heavy (non-hydrogen) atoms. The van der Waals surface area contributed by atoms with Crippen LogP contribution < -0.4 is 16.0 Å². The summed E-state index contributed by atoms with van der Waals surface area (Å²) in [5.41, 5.74) is 1.15. The second-order valence-electron chi connectivity index (χ2n) is 5.76. The molecule has 0 radical (unpaired) electrons. The maximum absolute atomic E-state index is 12.2. The lowest BCUT2D eigenvalue weighted by Gasteiger charge is -2.20. The summed E-state index contributed by atoms with van der Waals surface area (Å²) in [6.07, 6.45) is 0. The first-order valence-electron chi connectivity index (χ1n) is 7.03. The predicted molar refractivity (Wildman–Crippen MR) is 83.5 cm³/mol. The van der Waals surface area contributed by atoms with Gasteiger partial charge < -0.3 is 16.0 Å². The molecule has 0 fully saturated rings. The zero-order valence-electron chi connectivity index (χ0n) is 13.3. The van der Waals surface area contributed by atoms with E-state index in [0.717, 1.165) is 12.2 Å². The summed E-state index contributed by atoms with van der Waals surface area (Å²) in [6, 6.07) is 3.46. The van der Waals surface area contributed by atoms with Crippen LogP contribution in [0.3, 0.4) is 0 Å². The van der Waals surface area contributed by atoms with Gasteiger partial charge in [0.25, 0.3) is 5.91 Å². The zero-order chi connectivity index (χ0) is 16.0. The van der Waals surface area contributed by atoms with Gasteiger partial charge in [-0.05, 0) is 19.1 Å². The van der Waals surface area contributed by atoms with Crippen molar-refractivity contribution in [1.29, 1.82) is 0 Å². The van der Waals surface area contributed by atoms with Crippen LogP contribution in [0.25, 0.3) is 0 Å². The number of pyridine rings is 1. The van der Waals surface area contributed by atoms with Crippen LogP contribution in [-0.2, 0) is 10.2 Å². The predicted octanol–water partition coefficient (Wildman–Crippen LogP) is 1.29. The summed E-state index contributed by atoms with van der Waals surface area (Å²) in [4.78, 5) is 27.9. The van der Waals surface area contributed by atoms with Crippen LogP contribution in [0.15, 0.2) is 12.1 Å². The summed E-state index contributed by atoms with van der Waals surface area (Å²) in [5, 5.41) is 8.17. The Balaban J connectivity index is 3.02. The van der Waals surface area contributed by atoms with E-state index in [-0.39, 0.29) is 23.8 Å². The third-order valence-corrected chi connectivity index (χ3v) is 2.90. The third-order valence-electron chi connectivity index (χ3n) is 2.90. The number of likely N-dealkylation sites (N-methyl/N-ethyl adjacent to an activating group) is 1. The molecule has 2 amide bonds. The van der Waals surface area contributed by atoms with Gasteiger partial charge in [-0.3, -0.25) is 9.59 Å². The van der Waals surface area contributed by atoms with E-state index in [2.05, 4.69) is 20.9 Å². The highest BCUT2D eigenvalue weighted by Gasteiger charge is 2.19. The van der Waals surface area contributed by atoms with Crippen molar-refractivity contribution >= 4 is 17.6 Å². The van der Waals surface area contributed by atoms with E-state index in [9.17, 15) is 9.59 Å². The van der Waals surface area contributed by atoms with Gasteiger partial charge in [-0.15, -0.1) is 0 Å². The van der Waals surface area contributed by atoms with Gasteiger partial charge in [-0.1, -0.05) is 20.8 Å². The topological polar surface area (TPSA) is 83.1 Å². The van der Waals surface area contributed by atoms with E-state index < -0.39 is 0 Å². The van der Waals surface area contributed by atoms with Crippen molar-refractivity contribution < 1.29 is 9.59 Å². The van der Waals surface area contributed by atoms with Crippen molar-refractivity contribution in [3.05, 3.63) is 23.4 Å². The van der Waals surface area contributed by atoms with Crippen molar-refractivity contribution in [2.75, 3.05) is 25.5 Å². The Morgan fingerprint density at radius 3 is 2.43 bits per heavy atom. The number of hydrogen-bond acceptors (Lipinski definition) is 4. The lowest BCUT2D eigenvalue weighted by molar-refractivity contribution is -0.119. The van der Waals surface area contributed by atoms with Gasteiger partial charge in [0, 0.05) is 30.3 Å². The normalized spacial score (nSPS) is 10.9. The molecule has 1 aromatic rings. The average molecular weight is 292 g/mol. The second kappa shape index (κ2) is 7.06. The fraction of sp³-hybridized carbons (Fsp3) is 0.533. The number of carbonyl (C=O) groups excluding carboxylic acids is 2. The van der Waals surface area contributed by atoms with Crippen molar-refractivity contribution in [3.8, 4) is 0 Å². The van der Waals surface area contributed by atoms with Gasteiger partial charge in [0.05, 0.1) is 6.54 Å². The molecule has 0 saturated carbocycles. The summed E-state index contributed by atoms with van der Waals surface area (Å²) < 4.78 is 0. The van der Waals surface area contributed by atoms with Gasteiger partial charge >= 0.3 is 0 Å². The lowest BCUT2D eigenvalue weighted by atomic mass is 9.90. The first kappa shape index (κ1) is 16.9. The van der Waals surface area contributed by atoms with E-state index in [1.807, 2.05) is 27.7 Å². The maximum atomic E-state index is 12.2. The van der Waals surface area contributed by atoms with Gasteiger partial charge in [0.15, 0.2) is 0 Å². The Labute approximate surface area is 125 Å². The molecule has 0 aromatic carbocycles. The van der Waals surface area contributed by atoms with Crippen LogP contribution in [0.5, 0.6) is 0 Å². The van der Waals surface area contributed by atoms with Crippen LogP contribution in [-0.4, -0.2) is 36.9 Å². The highest BCUT2D eigenvalue weighted by Crippen LogP contribution is 2.23. The minimum Gasteiger partial charge on any atom is -0.370 e. The Morgan fingerprint density at radius 2 is 1.90 bits per heavy atom. The zero-order valence-corrected chi connectivity index (χ0v) is 13.3. The van der Waals surface area contributed by atoms with E-state index >= 15 is 0 Å². The Bertz CT molecular complexity index is 521. The Hall–Kier alpha value is -2.11. The van der Waals surface area contributed by atoms with E-state index in [1.54, 1.807) is 12.1 Å². The van der Waals surface area contributed by atoms with Crippen molar-refractivity contribution in [3.63, 3.8) is 0 Å². The number of nitrogens with one attached hydrogen (secondary N) is 3. The van der Waals surface area contributed by atoms with E-state index in [4.69, 9.17) is 0 Å². The van der Waals surface area contributed by atoms with Gasteiger partial charge in [0.1, 0.15) is 5.82 Å². The molecule has 0 bridgehead atoms. The largest absolute Gasteiger partial charge is 0.370 e. The van der Waals surface area contributed by atoms with Gasteiger partial charge in [0.2, 0.25) is 5.91 Å². The molecule has 0 spiro atoms. The molecular formula is C15H24N4O2. The minimum atomic E-state index is -0.286. The van der Waals surface area contributed by atoms with Gasteiger partial charge in [-0.2, -0.15) is 0 Å². The average Bonchev–Trinajstić information content (AvgIpc) is 2.43. The van der Waals surface area contributed by atoms with Crippen LogP contribution in [0.1, 0.15) is 43.7 Å². The molecule has 116 valence electrons. The molecule has 0 unspecified atom stereocenters. The number of rotatable bonds is 5. The third kappa shape index (κ3) is 5.06. The number of hydrogen-bond donors (Lipinski definition) is 3. The molecule has 0 saturated heterocycles. The summed E-state index contributed by atoms with van der Waals surface area (Å²) >= 11 is 0. The molecule has 0 aliphatic heterocycles. The first-order valence-corrected chi connectivity index (χ1v) is 7.03. The number of aromatic nitrogens is 1. The number of anilines is 1. The van der Waals surface area contributed by atoms with Crippen molar-refractivity contribution in [2.24, 2.45) is 0 Å². The Morgan fingerprint density at radius 1 is 1.24 bits per heavy atom. The van der Waals surface area contributed by atoms with Crippen LogP contribution >= 0.6 is 0 Å². The SMILES string of the molecule is CCNc1cc(C(=O)NCC(=O)NC)cc(C(C)(C)C)n1. The van der Waals surface area contributed by atoms with Gasteiger partial charge in [-0.25, -0.2) is 4.98 Å². The first-order chi connectivity index (χ1) is 9.77. The molecule has 3 N–H and O–H groups in total. The van der Waals surface area contributed by atoms with Crippen LogP contribution in [0.2, 0.25) is 0 Å². The molecule has 1 rings (SSSR count). The lowest BCUT2D eigenvalue weighted by Crippen LogP contribution is -2.35. The fourth-order valence-electron chi connectivity index (χ4n) is 1.67. The molecule has 1 heterocycles. The molecular weight excluding hydrogens is 268 g/mol. The molecule has 0 aliphatic rings. The molecule has 0 atom stereocenters. The van der Waals surface area contributed by atoms with Crippen LogP contribution in [0, 0.1) is 0 Å². The quantitative estimate of drug-likeness (QED) is 0.763. The van der Waals surface area contributed by atoms with E-state index in [1.165, 1.54) is 7.05 Å². The number of amides is 2. The highest BCUT2D eigenvalue weighted by molar-refractivity contribution is 5.97. The molecule has 1 aromatic heterocycles. The molecule has 6 heteroatoms. The molecule has 0 aliphatic carbocycles. The van der Waals surface area contributed by atoms with Crippen molar-refractivity contribution in [1.82, 2.24) is 15.6 Å². The number of nitrogens with zero attached hydrogens (tertiary/aromatic N) is 1. The smallest absolute Gasteiger partial charge is 0.251 e. The monoisotopic (exact) mass is 292 g/mol. The second-order valence-corrected chi connectivity index (χ2v) is 5.76. The molecule has 6 nitrogen and oxygen atoms in total. The summed E-state index contributed by atoms with van der Waals surface area (Å²) in [7, 11) is 1.53. The maximum Gasteiger partial charge on any atom is 0.251 e. The highest BCUT2D eigenvalue weighted by atomic mass is 16.2. The minimum absolute atomic E-state index is 0.0426. The van der Waals surface area contributed by atoms with Crippen molar-refractivity contribution in [2.45, 2.75) is 33.1 Å². The summed E-state index contributed by atoms with van der Waals surface area (Å²) in [6.45, 7) is 8.77. The standard InChI is InChI=1S/C15H24N4O2/c1-6-17-12-8-10(7-11(19-12)15(2,3)4)14(21)18-9-13(20)16-5/h7-8H,6,9H2,1-5H3,(H,16,20)(H,17,19)(H,18,21). The van der Waals surface area contributed by atoms with E-state index in [0.29, 0.717) is 11.4 Å². The fourth-order valence-corrected chi connectivity index (χ4v) is 1.67. The van der Waals surface area contributed by atoms with Crippen LogP contribution in [0.4, 0.5) is 5.82 Å². The Kier molecular flexibility index (Phi) is 5.69. The summed E-state index contributed by atoms with van der Waals surface area (Å²) in [5.74, 6) is 0.140.